The molecule has 1 aromatic rings. The van der Waals surface area contributed by atoms with E-state index in [0.717, 1.165) is 17.3 Å². The average molecular weight is 353 g/mol. The molecule has 0 aliphatic heterocycles. The first-order valence-electron chi connectivity index (χ1n) is 7.80. The van der Waals surface area contributed by atoms with Crippen LogP contribution in [-0.2, 0) is 0 Å². The van der Waals surface area contributed by atoms with Gasteiger partial charge in [-0.3, -0.25) is 0 Å². The van der Waals surface area contributed by atoms with Gasteiger partial charge in [0.25, 0.3) is 0 Å². The molecule has 1 aromatic carbocycles. The molecule has 3 heteroatoms. The lowest BCUT2D eigenvalue weighted by Gasteiger charge is -2.52. The van der Waals surface area contributed by atoms with Crippen LogP contribution in [0.15, 0.2) is 22.7 Å². The quantitative estimate of drug-likeness (QED) is 0.793. The molecule has 0 aromatic heterocycles. The van der Waals surface area contributed by atoms with Crippen molar-refractivity contribution in [1.82, 2.24) is 0 Å². The molecule has 0 bridgehead atoms. The van der Waals surface area contributed by atoms with Gasteiger partial charge in [-0.15, -0.1) is 0 Å². The minimum absolute atomic E-state index is 0.0154. The molecule has 3 N–H and O–H groups in total. The summed E-state index contributed by atoms with van der Waals surface area (Å²) in [5, 5.41) is 3.78. The van der Waals surface area contributed by atoms with Crippen molar-refractivity contribution in [3.8, 4) is 0 Å². The Balaban J connectivity index is 2.32. The third-order valence-corrected chi connectivity index (χ3v) is 4.89. The van der Waals surface area contributed by atoms with Gasteiger partial charge in [0.15, 0.2) is 0 Å². The minimum Gasteiger partial charge on any atom is -0.378 e. The van der Waals surface area contributed by atoms with Crippen molar-refractivity contribution in [3.05, 3.63) is 28.2 Å². The molecular formula is C18H29BrN2. The number of hydrogen-bond acceptors (Lipinski definition) is 2. The molecule has 0 atom stereocenters. The van der Waals surface area contributed by atoms with Crippen LogP contribution in [0.25, 0.3) is 0 Å². The van der Waals surface area contributed by atoms with E-state index in [1.807, 2.05) is 0 Å². The maximum absolute atomic E-state index is 6.23. The summed E-state index contributed by atoms with van der Waals surface area (Å²) < 4.78 is 1.12. The van der Waals surface area contributed by atoms with Gasteiger partial charge in [-0.2, -0.15) is 0 Å². The van der Waals surface area contributed by atoms with Crippen molar-refractivity contribution in [2.75, 3.05) is 11.9 Å². The number of hydrogen-bond donors (Lipinski definition) is 2. The van der Waals surface area contributed by atoms with Gasteiger partial charge in [-0.05, 0) is 60.8 Å². The second-order valence-electron chi connectivity index (χ2n) is 8.49. The molecule has 0 spiro atoms. The molecule has 118 valence electrons. The highest BCUT2D eigenvalue weighted by molar-refractivity contribution is 9.10. The molecule has 0 radical (unpaired) electrons. The Morgan fingerprint density at radius 3 is 2.10 bits per heavy atom. The van der Waals surface area contributed by atoms with Crippen LogP contribution in [-0.4, -0.2) is 12.1 Å². The second kappa shape index (κ2) is 5.58. The summed E-state index contributed by atoms with van der Waals surface area (Å²) in [4.78, 5) is 0. The fourth-order valence-corrected chi connectivity index (χ4v) is 5.32. The van der Waals surface area contributed by atoms with Gasteiger partial charge in [-0.1, -0.05) is 43.6 Å². The molecule has 1 fully saturated rings. The lowest BCUT2D eigenvalue weighted by atomic mass is 9.58. The Morgan fingerprint density at radius 2 is 1.62 bits per heavy atom. The molecule has 0 saturated heterocycles. The summed E-state index contributed by atoms with van der Waals surface area (Å²) >= 11 is 3.59. The van der Waals surface area contributed by atoms with Crippen molar-refractivity contribution in [3.63, 3.8) is 0 Å². The smallest absolute Gasteiger partial charge is 0.0505 e. The molecule has 2 nitrogen and oxygen atoms in total. The van der Waals surface area contributed by atoms with Crippen LogP contribution in [0.4, 0.5) is 5.69 Å². The van der Waals surface area contributed by atoms with E-state index < -0.39 is 0 Å². The zero-order valence-electron chi connectivity index (χ0n) is 14.0. The molecule has 2 rings (SSSR count). The number of nitrogens with one attached hydrogen (secondary N) is 1. The largest absolute Gasteiger partial charge is 0.378 e. The molecule has 21 heavy (non-hydrogen) atoms. The normalized spacial score (nSPS) is 22.8. The molecule has 0 heterocycles. The molecule has 1 aliphatic carbocycles. The summed E-state index contributed by atoms with van der Waals surface area (Å²) in [5.41, 5.74) is 9.27. The standard InChI is InChI=1S/C18H29BrN2/c1-13-6-14(19)8-15(7-13)21-18(12-20)10-16(2,3)9-17(4,5)11-18/h6-8,21H,9-12,20H2,1-5H3. The maximum Gasteiger partial charge on any atom is 0.0505 e. The van der Waals surface area contributed by atoms with Crippen molar-refractivity contribution in [2.45, 2.75) is 59.4 Å². The topological polar surface area (TPSA) is 38.0 Å². The predicted molar refractivity (Wildman–Crippen MR) is 95.7 cm³/mol. The third-order valence-electron chi connectivity index (χ3n) is 4.43. The third kappa shape index (κ3) is 4.23. The van der Waals surface area contributed by atoms with Crippen LogP contribution in [0.2, 0.25) is 0 Å². The van der Waals surface area contributed by atoms with Crippen molar-refractivity contribution >= 4 is 21.6 Å². The van der Waals surface area contributed by atoms with Crippen LogP contribution in [0.5, 0.6) is 0 Å². The highest BCUT2D eigenvalue weighted by Gasteiger charge is 2.46. The van der Waals surface area contributed by atoms with Crippen LogP contribution < -0.4 is 11.1 Å². The first-order chi connectivity index (χ1) is 9.55. The van der Waals surface area contributed by atoms with Crippen molar-refractivity contribution in [2.24, 2.45) is 16.6 Å². The Labute approximate surface area is 138 Å². The summed E-state index contributed by atoms with van der Waals surface area (Å²) in [6.07, 6.45) is 3.48. The first-order valence-corrected chi connectivity index (χ1v) is 8.60. The summed E-state index contributed by atoms with van der Waals surface area (Å²) in [6, 6.07) is 6.49. The van der Waals surface area contributed by atoms with E-state index in [-0.39, 0.29) is 5.54 Å². The van der Waals surface area contributed by atoms with Crippen LogP contribution >= 0.6 is 15.9 Å². The van der Waals surface area contributed by atoms with Crippen LogP contribution in [0, 0.1) is 17.8 Å². The minimum atomic E-state index is -0.0154. The highest BCUT2D eigenvalue weighted by Crippen LogP contribution is 2.50. The van der Waals surface area contributed by atoms with Crippen LogP contribution in [0.1, 0.15) is 52.5 Å². The number of anilines is 1. The fraction of sp³-hybridized carbons (Fsp3) is 0.667. The van der Waals surface area contributed by atoms with E-state index in [9.17, 15) is 0 Å². The number of aryl methyl sites for hydroxylation is 1. The number of benzene rings is 1. The molecule has 0 amide bonds. The van der Waals surface area contributed by atoms with E-state index in [0.29, 0.717) is 17.4 Å². The zero-order chi connectivity index (χ0) is 15.9. The maximum atomic E-state index is 6.23. The number of halogens is 1. The van der Waals surface area contributed by atoms with Gasteiger partial charge >= 0.3 is 0 Å². The predicted octanol–water partition coefficient (Wildman–Crippen LogP) is 5.10. The summed E-state index contributed by atoms with van der Waals surface area (Å²) in [6.45, 7) is 12.3. The zero-order valence-corrected chi connectivity index (χ0v) is 15.6. The molecule has 0 unspecified atom stereocenters. The van der Waals surface area contributed by atoms with E-state index in [1.54, 1.807) is 0 Å². The molecule has 1 aliphatic rings. The summed E-state index contributed by atoms with van der Waals surface area (Å²) in [7, 11) is 0. The van der Waals surface area contributed by atoms with Gasteiger partial charge in [0.2, 0.25) is 0 Å². The number of rotatable bonds is 3. The van der Waals surface area contributed by atoms with E-state index >= 15 is 0 Å². The van der Waals surface area contributed by atoms with Gasteiger partial charge in [-0.25, -0.2) is 0 Å². The lowest BCUT2D eigenvalue weighted by molar-refractivity contribution is 0.0623. The van der Waals surface area contributed by atoms with Crippen molar-refractivity contribution in [1.29, 1.82) is 0 Å². The van der Waals surface area contributed by atoms with E-state index in [1.165, 1.54) is 17.7 Å². The Kier molecular flexibility index (Phi) is 4.47. The SMILES string of the molecule is Cc1cc(Br)cc(NC2(CN)CC(C)(C)CC(C)(C)C2)c1. The van der Waals surface area contributed by atoms with Gasteiger partial charge in [0.05, 0.1) is 5.54 Å². The number of nitrogens with two attached hydrogens (primary N) is 1. The monoisotopic (exact) mass is 352 g/mol. The van der Waals surface area contributed by atoms with Gasteiger partial charge in [0.1, 0.15) is 0 Å². The van der Waals surface area contributed by atoms with Gasteiger partial charge in [0, 0.05) is 16.7 Å². The Morgan fingerprint density at radius 1 is 1.05 bits per heavy atom. The first kappa shape index (κ1) is 16.8. The lowest BCUT2D eigenvalue weighted by Crippen LogP contribution is -2.55. The average Bonchev–Trinajstić information content (AvgIpc) is 2.22. The van der Waals surface area contributed by atoms with E-state index in [2.05, 4.69) is 74.1 Å². The summed E-state index contributed by atoms with van der Waals surface area (Å²) in [5.74, 6) is 0. The van der Waals surface area contributed by atoms with Crippen LogP contribution in [0.3, 0.4) is 0 Å². The Bertz CT molecular complexity index is 484. The molecular weight excluding hydrogens is 324 g/mol. The van der Waals surface area contributed by atoms with Crippen molar-refractivity contribution < 1.29 is 0 Å². The Hall–Kier alpha value is -0.540. The fourth-order valence-electron chi connectivity index (χ4n) is 4.71. The second-order valence-corrected chi connectivity index (χ2v) is 9.40. The highest BCUT2D eigenvalue weighted by atomic mass is 79.9. The van der Waals surface area contributed by atoms with E-state index in [4.69, 9.17) is 5.73 Å². The van der Waals surface area contributed by atoms with Gasteiger partial charge < -0.3 is 11.1 Å². The molecule has 1 saturated carbocycles.